The SMILES string of the molecule is COc1ccccc1/C=C(\C#N)CSc1ccccc1. The van der Waals surface area contributed by atoms with Gasteiger partial charge in [0.05, 0.1) is 13.2 Å². The molecule has 20 heavy (non-hydrogen) atoms. The van der Waals surface area contributed by atoms with E-state index in [4.69, 9.17) is 4.74 Å². The van der Waals surface area contributed by atoms with E-state index in [0.29, 0.717) is 5.75 Å². The molecule has 0 saturated carbocycles. The molecule has 2 rings (SSSR count). The summed E-state index contributed by atoms with van der Waals surface area (Å²) in [6, 6.07) is 20.0. The van der Waals surface area contributed by atoms with Crippen molar-refractivity contribution in [2.24, 2.45) is 0 Å². The van der Waals surface area contributed by atoms with Crippen LogP contribution in [0.15, 0.2) is 65.1 Å². The number of benzene rings is 2. The first kappa shape index (κ1) is 14.2. The first-order valence-electron chi connectivity index (χ1n) is 6.25. The minimum absolute atomic E-state index is 0.651. The number of hydrogen-bond acceptors (Lipinski definition) is 3. The van der Waals surface area contributed by atoms with Crippen LogP contribution >= 0.6 is 11.8 Å². The van der Waals surface area contributed by atoms with Crippen molar-refractivity contribution in [3.05, 3.63) is 65.7 Å². The molecule has 0 aliphatic carbocycles. The van der Waals surface area contributed by atoms with Crippen molar-refractivity contribution in [2.75, 3.05) is 12.9 Å². The smallest absolute Gasteiger partial charge is 0.126 e. The summed E-state index contributed by atoms with van der Waals surface area (Å²) in [6.45, 7) is 0. The van der Waals surface area contributed by atoms with Crippen LogP contribution in [0.4, 0.5) is 0 Å². The van der Waals surface area contributed by atoms with Crippen molar-refractivity contribution in [2.45, 2.75) is 4.90 Å². The third-order valence-electron chi connectivity index (χ3n) is 2.75. The molecule has 0 amide bonds. The van der Waals surface area contributed by atoms with Crippen LogP contribution in [0.3, 0.4) is 0 Å². The molecular formula is C17H15NOS. The maximum atomic E-state index is 9.26. The highest BCUT2D eigenvalue weighted by Gasteiger charge is 2.02. The van der Waals surface area contributed by atoms with Gasteiger partial charge in [-0.3, -0.25) is 0 Å². The van der Waals surface area contributed by atoms with E-state index in [9.17, 15) is 5.26 Å². The number of thioether (sulfide) groups is 1. The number of methoxy groups -OCH3 is 1. The largest absolute Gasteiger partial charge is 0.496 e. The van der Waals surface area contributed by atoms with Gasteiger partial charge in [0.1, 0.15) is 5.75 Å². The second kappa shape index (κ2) is 7.42. The molecule has 0 unspecified atom stereocenters. The zero-order valence-electron chi connectivity index (χ0n) is 11.2. The van der Waals surface area contributed by atoms with E-state index < -0.39 is 0 Å². The quantitative estimate of drug-likeness (QED) is 0.602. The maximum absolute atomic E-state index is 9.26. The van der Waals surface area contributed by atoms with Crippen LogP contribution in [0.1, 0.15) is 5.56 Å². The lowest BCUT2D eigenvalue weighted by Gasteiger charge is -2.05. The third kappa shape index (κ3) is 3.91. The molecule has 0 spiro atoms. The summed E-state index contributed by atoms with van der Waals surface area (Å²) < 4.78 is 5.29. The highest BCUT2D eigenvalue weighted by molar-refractivity contribution is 7.99. The van der Waals surface area contributed by atoms with Crippen LogP contribution in [0, 0.1) is 11.3 Å². The lowest BCUT2D eigenvalue weighted by atomic mass is 10.1. The molecule has 0 bridgehead atoms. The van der Waals surface area contributed by atoms with Crippen LogP contribution in [0.5, 0.6) is 5.75 Å². The molecule has 0 aromatic heterocycles. The Kier molecular flexibility index (Phi) is 5.28. The van der Waals surface area contributed by atoms with Gasteiger partial charge in [-0.15, -0.1) is 11.8 Å². The fourth-order valence-electron chi connectivity index (χ4n) is 1.76. The Morgan fingerprint density at radius 1 is 1.15 bits per heavy atom. The van der Waals surface area contributed by atoms with Gasteiger partial charge in [0, 0.05) is 21.8 Å². The molecule has 0 N–H and O–H groups in total. The zero-order valence-corrected chi connectivity index (χ0v) is 12.1. The lowest BCUT2D eigenvalue weighted by Crippen LogP contribution is -1.89. The molecule has 2 aromatic rings. The van der Waals surface area contributed by atoms with Crippen molar-refractivity contribution in [3.63, 3.8) is 0 Å². The molecule has 0 fully saturated rings. The van der Waals surface area contributed by atoms with Gasteiger partial charge >= 0.3 is 0 Å². The maximum Gasteiger partial charge on any atom is 0.126 e. The molecule has 0 aliphatic heterocycles. The van der Waals surface area contributed by atoms with Crippen LogP contribution in [0.25, 0.3) is 6.08 Å². The Balaban J connectivity index is 2.12. The van der Waals surface area contributed by atoms with E-state index in [1.54, 1.807) is 18.9 Å². The summed E-state index contributed by atoms with van der Waals surface area (Å²) in [5.41, 5.74) is 1.66. The van der Waals surface area contributed by atoms with E-state index in [1.165, 1.54) is 0 Å². The predicted molar refractivity (Wildman–Crippen MR) is 83.8 cm³/mol. The fraction of sp³-hybridized carbons (Fsp3) is 0.118. The van der Waals surface area contributed by atoms with Crippen molar-refractivity contribution in [1.29, 1.82) is 5.26 Å². The van der Waals surface area contributed by atoms with Gasteiger partial charge in [-0.05, 0) is 24.3 Å². The highest BCUT2D eigenvalue weighted by atomic mass is 32.2. The topological polar surface area (TPSA) is 33.0 Å². The number of nitriles is 1. The number of rotatable bonds is 5. The van der Waals surface area contributed by atoms with Crippen LogP contribution < -0.4 is 4.74 Å². The second-order valence-corrected chi connectivity index (χ2v) is 5.17. The Morgan fingerprint density at radius 2 is 1.85 bits per heavy atom. The van der Waals surface area contributed by atoms with E-state index >= 15 is 0 Å². The number of hydrogen-bond donors (Lipinski definition) is 0. The van der Waals surface area contributed by atoms with Gasteiger partial charge in [0.15, 0.2) is 0 Å². The van der Waals surface area contributed by atoms with E-state index in [0.717, 1.165) is 21.8 Å². The minimum atomic E-state index is 0.651. The molecule has 3 heteroatoms. The van der Waals surface area contributed by atoms with Crippen LogP contribution in [-0.2, 0) is 0 Å². The van der Waals surface area contributed by atoms with Gasteiger partial charge < -0.3 is 4.74 Å². The van der Waals surface area contributed by atoms with Crippen molar-refractivity contribution < 1.29 is 4.74 Å². The van der Waals surface area contributed by atoms with Crippen molar-refractivity contribution in [3.8, 4) is 11.8 Å². The van der Waals surface area contributed by atoms with Gasteiger partial charge in [-0.2, -0.15) is 5.26 Å². The monoisotopic (exact) mass is 281 g/mol. The van der Waals surface area contributed by atoms with Gasteiger partial charge in [0.2, 0.25) is 0 Å². The Hall–Kier alpha value is -2.18. The normalized spacial score (nSPS) is 10.9. The number of ether oxygens (including phenoxy) is 1. The summed E-state index contributed by atoms with van der Waals surface area (Å²) in [4.78, 5) is 1.16. The average Bonchev–Trinajstić information content (AvgIpc) is 2.52. The molecule has 2 nitrogen and oxygen atoms in total. The number of para-hydroxylation sites is 1. The van der Waals surface area contributed by atoms with E-state index in [-0.39, 0.29) is 0 Å². The Labute approximate surface area is 123 Å². The van der Waals surface area contributed by atoms with Gasteiger partial charge in [-0.25, -0.2) is 0 Å². The number of nitrogens with zero attached hydrogens (tertiary/aromatic N) is 1. The van der Waals surface area contributed by atoms with E-state index in [1.807, 2.05) is 60.7 Å². The van der Waals surface area contributed by atoms with Gasteiger partial charge in [0.25, 0.3) is 0 Å². The van der Waals surface area contributed by atoms with Crippen LogP contribution in [-0.4, -0.2) is 12.9 Å². The molecular weight excluding hydrogens is 266 g/mol. The molecule has 0 atom stereocenters. The second-order valence-electron chi connectivity index (χ2n) is 4.13. The minimum Gasteiger partial charge on any atom is -0.496 e. The summed E-state index contributed by atoms with van der Waals surface area (Å²) in [5, 5.41) is 9.26. The van der Waals surface area contributed by atoms with E-state index in [2.05, 4.69) is 6.07 Å². The summed E-state index contributed by atoms with van der Waals surface area (Å²) in [7, 11) is 1.64. The molecule has 2 aromatic carbocycles. The predicted octanol–water partition coefficient (Wildman–Crippen LogP) is 4.39. The summed E-state index contributed by atoms with van der Waals surface area (Å²) in [5.74, 6) is 1.43. The van der Waals surface area contributed by atoms with Crippen LogP contribution in [0.2, 0.25) is 0 Å². The first-order chi connectivity index (χ1) is 9.83. The first-order valence-corrected chi connectivity index (χ1v) is 7.23. The zero-order chi connectivity index (χ0) is 14.2. The molecule has 100 valence electrons. The van der Waals surface area contributed by atoms with Gasteiger partial charge in [-0.1, -0.05) is 36.4 Å². The molecule has 0 aliphatic rings. The Morgan fingerprint density at radius 3 is 2.55 bits per heavy atom. The third-order valence-corrected chi connectivity index (χ3v) is 3.81. The fourth-order valence-corrected chi connectivity index (χ4v) is 2.58. The molecule has 0 saturated heterocycles. The standard InChI is InChI=1S/C17H15NOS/c1-19-17-10-6-5-7-15(17)11-14(12-18)13-20-16-8-3-2-4-9-16/h2-11H,13H2,1H3/b14-11+. The van der Waals surface area contributed by atoms with Crippen molar-refractivity contribution in [1.82, 2.24) is 0 Å². The molecule has 0 heterocycles. The Bertz CT molecular complexity index is 629. The average molecular weight is 281 g/mol. The summed E-state index contributed by atoms with van der Waals surface area (Å²) >= 11 is 1.65. The lowest BCUT2D eigenvalue weighted by molar-refractivity contribution is 0.414. The highest BCUT2D eigenvalue weighted by Crippen LogP contribution is 2.24. The molecule has 0 radical (unpaired) electrons. The summed E-state index contributed by atoms with van der Waals surface area (Å²) in [6.07, 6.45) is 1.88. The van der Waals surface area contributed by atoms with Crippen molar-refractivity contribution >= 4 is 17.8 Å².